The zero-order valence-electron chi connectivity index (χ0n) is 9.63. The Kier molecular flexibility index (Phi) is 4.56. The van der Waals surface area contributed by atoms with Crippen LogP contribution in [0.2, 0.25) is 0 Å². The molecule has 0 N–H and O–H groups in total. The summed E-state index contributed by atoms with van der Waals surface area (Å²) in [6.07, 6.45) is -2.63. The van der Waals surface area contributed by atoms with E-state index in [9.17, 15) is 13.2 Å². The smallest absolute Gasteiger partial charge is 0.206 e. The zero-order valence-corrected chi connectivity index (χ0v) is 10.4. The minimum atomic E-state index is -2.27. The van der Waals surface area contributed by atoms with Crippen molar-refractivity contribution in [3.63, 3.8) is 0 Å². The maximum atomic E-state index is 12.6. The lowest BCUT2D eigenvalue weighted by Gasteiger charge is -2.03. The molecule has 2 aromatic rings. The van der Waals surface area contributed by atoms with Gasteiger partial charge < -0.3 is 0 Å². The molecule has 0 radical (unpaired) electrons. The number of para-hydroxylation sites is 1. The van der Waals surface area contributed by atoms with E-state index in [2.05, 4.69) is 15.5 Å². The number of aromatic nitrogens is 4. The van der Waals surface area contributed by atoms with Gasteiger partial charge in [0.1, 0.15) is 0 Å². The highest BCUT2D eigenvalue weighted by Crippen LogP contribution is 2.22. The van der Waals surface area contributed by atoms with E-state index in [1.807, 2.05) is 30.3 Å². The van der Waals surface area contributed by atoms with Crippen LogP contribution in [0.1, 0.15) is 6.42 Å². The van der Waals surface area contributed by atoms with Crippen molar-refractivity contribution in [3.05, 3.63) is 42.2 Å². The van der Waals surface area contributed by atoms with Crippen LogP contribution < -0.4 is 0 Å². The average molecular weight is 286 g/mol. The van der Waals surface area contributed by atoms with Crippen LogP contribution >= 0.6 is 11.8 Å². The molecule has 0 bridgehead atoms. The fourth-order valence-corrected chi connectivity index (χ4v) is 2.15. The summed E-state index contributed by atoms with van der Waals surface area (Å²) in [6, 6.07) is 9.12. The van der Waals surface area contributed by atoms with E-state index in [1.54, 1.807) is 0 Å². The van der Waals surface area contributed by atoms with Crippen molar-refractivity contribution >= 4 is 11.8 Å². The van der Waals surface area contributed by atoms with Crippen molar-refractivity contribution in [2.45, 2.75) is 11.6 Å². The van der Waals surface area contributed by atoms with E-state index in [0.29, 0.717) is 5.16 Å². The molecule has 0 aliphatic rings. The number of halogens is 3. The molecular formula is C11H9F3N4S. The van der Waals surface area contributed by atoms with Gasteiger partial charge in [-0.3, -0.25) is 0 Å². The lowest BCUT2D eigenvalue weighted by Crippen LogP contribution is -1.99. The number of hydrogen-bond acceptors (Lipinski definition) is 4. The maximum Gasteiger partial charge on any atom is 0.301 e. The monoisotopic (exact) mass is 286 g/mol. The molecular weight excluding hydrogens is 277 g/mol. The van der Waals surface area contributed by atoms with Crippen LogP contribution in [0.3, 0.4) is 0 Å². The number of nitrogens with zero attached hydrogens (tertiary/aromatic N) is 4. The SMILES string of the molecule is FC(F)=C(F)CCSc1nnnn1-c1ccccc1. The van der Waals surface area contributed by atoms with E-state index in [0.717, 1.165) is 17.4 Å². The van der Waals surface area contributed by atoms with Crippen molar-refractivity contribution in [2.75, 3.05) is 5.75 Å². The molecule has 8 heteroatoms. The second-order valence-corrected chi connectivity index (χ2v) is 4.53. The number of rotatable bonds is 5. The third-order valence-corrected chi connectivity index (χ3v) is 3.12. The minimum absolute atomic E-state index is 0.135. The van der Waals surface area contributed by atoms with Crippen molar-refractivity contribution in [1.82, 2.24) is 20.2 Å². The Morgan fingerprint density at radius 1 is 1.16 bits per heavy atom. The van der Waals surface area contributed by atoms with E-state index in [1.165, 1.54) is 4.68 Å². The quantitative estimate of drug-likeness (QED) is 0.792. The second kappa shape index (κ2) is 6.37. The molecule has 1 aromatic heterocycles. The molecule has 0 aliphatic carbocycles. The predicted octanol–water partition coefficient (Wildman–Crippen LogP) is 3.22. The summed E-state index contributed by atoms with van der Waals surface area (Å²) in [7, 11) is 0. The largest absolute Gasteiger partial charge is 0.301 e. The third-order valence-electron chi connectivity index (χ3n) is 2.20. The van der Waals surface area contributed by atoms with Crippen LogP contribution in [0, 0.1) is 0 Å². The maximum absolute atomic E-state index is 12.6. The topological polar surface area (TPSA) is 43.6 Å². The van der Waals surface area contributed by atoms with Gasteiger partial charge in [-0.05, 0) is 22.6 Å². The van der Waals surface area contributed by atoms with Crippen LogP contribution in [0.5, 0.6) is 0 Å². The fourth-order valence-electron chi connectivity index (χ4n) is 1.33. The Morgan fingerprint density at radius 2 is 1.89 bits per heavy atom. The number of allylic oxidation sites excluding steroid dienone is 1. The predicted molar refractivity (Wildman–Crippen MR) is 64.8 cm³/mol. The van der Waals surface area contributed by atoms with Crippen LogP contribution in [0.4, 0.5) is 13.2 Å². The highest BCUT2D eigenvalue weighted by atomic mass is 32.2. The highest BCUT2D eigenvalue weighted by molar-refractivity contribution is 7.99. The van der Waals surface area contributed by atoms with E-state index < -0.39 is 11.9 Å². The molecule has 0 spiro atoms. The summed E-state index contributed by atoms with van der Waals surface area (Å²) in [5.41, 5.74) is 0.752. The van der Waals surface area contributed by atoms with Gasteiger partial charge >= 0.3 is 6.08 Å². The zero-order chi connectivity index (χ0) is 13.7. The number of hydrogen-bond donors (Lipinski definition) is 0. The van der Waals surface area contributed by atoms with Crippen molar-refractivity contribution in [1.29, 1.82) is 0 Å². The highest BCUT2D eigenvalue weighted by Gasteiger charge is 2.10. The normalized spacial score (nSPS) is 10.5. The lowest BCUT2D eigenvalue weighted by molar-refractivity contribution is 0.373. The first-order chi connectivity index (χ1) is 9.18. The van der Waals surface area contributed by atoms with E-state index >= 15 is 0 Å². The summed E-state index contributed by atoms with van der Waals surface area (Å²) in [5, 5.41) is 11.5. The van der Waals surface area contributed by atoms with Crippen molar-refractivity contribution < 1.29 is 13.2 Å². The van der Waals surface area contributed by atoms with Gasteiger partial charge in [0.25, 0.3) is 0 Å². The summed E-state index contributed by atoms with van der Waals surface area (Å²) in [6.45, 7) is 0. The Bertz CT molecular complexity index is 566. The van der Waals surface area contributed by atoms with Gasteiger partial charge in [-0.25, -0.2) is 4.39 Å². The fraction of sp³-hybridized carbons (Fsp3) is 0.182. The molecule has 0 amide bonds. The van der Waals surface area contributed by atoms with Crippen LogP contribution in [0.25, 0.3) is 5.69 Å². The van der Waals surface area contributed by atoms with Gasteiger partial charge in [0.05, 0.1) is 5.69 Å². The first-order valence-electron chi connectivity index (χ1n) is 5.34. The van der Waals surface area contributed by atoms with Gasteiger partial charge in [-0.1, -0.05) is 30.0 Å². The molecule has 19 heavy (non-hydrogen) atoms. The molecule has 0 saturated heterocycles. The average Bonchev–Trinajstić information content (AvgIpc) is 2.88. The summed E-state index contributed by atoms with van der Waals surface area (Å²) >= 11 is 1.11. The Labute approximate surface area is 111 Å². The standard InChI is InChI=1S/C11H9F3N4S/c12-9(10(13)14)6-7-19-11-15-16-17-18(11)8-4-2-1-3-5-8/h1-5H,6-7H2. The van der Waals surface area contributed by atoms with Gasteiger partial charge in [-0.2, -0.15) is 13.5 Å². The molecule has 0 atom stereocenters. The molecule has 4 nitrogen and oxygen atoms in total. The molecule has 100 valence electrons. The number of tetrazole rings is 1. The van der Waals surface area contributed by atoms with E-state index in [-0.39, 0.29) is 12.2 Å². The molecule has 0 aliphatic heterocycles. The van der Waals surface area contributed by atoms with Gasteiger partial charge in [0.2, 0.25) is 5.16 Å². The lowest BCUT2D eigenvalue weighted by atomic mass is 10.3. The Balaban J connectivity index is 2.03. The third kappa shape index (κ3) is 3.57. The summed E-state index contributed by atoms with van der Waals surface area (Å²) in [4.78, 5) is 0. The molecule has 1 aromatic carbocycles. The molecule has 2 rings (SSSR count). The van der Waals surface area contributed by atoms with Gasteiger partial charge in [-0.15, -0.1) is 5.10 Å². The molecule has 0 saturated carbocycles. The minimum Gasteiger partial charge on any atom is -0.206 e. The van der Waals surface area contributed by atoms with E-state index in [4.69, 9.17) is 0 Å². The van der Waals surface area contributed by atoms with Crippen LogP contribution in [-0.2, 0) is 0 Å². The second-order valence-electron chi connectivity index (χ2n) is 3.47. The first-order valence-corrected chi connectivity index (χ1v) is 6.33. The molecule has 1 heterocycles. The summed E-state index contributed by atoms with van der Waals surface area (Å²) < 4.78 is 37.9. The molecule has 0 unspecified atom stereocenters. The van der Waals surface area contributed by atoms with Crippen molar-refractivity contribution in [3.8, 4) is 5.69 Å². The Morgan fingerprint density at radius 3 is 2.58 bits per heavy atom. The number of benzene rings is 1. The van der Waals surface area contributed by atoms with Gasteiger partial charge in [0.15, 0.2) is 5.83 Å². The molecule has 0 fully saturated rings. The van der Waals surface area contributed by atoms with Crippen LogP contribution in [0.15, 0.2) is 47.4 Å². The van der Waals surface area contributed by atoms with Crippen LogP contribution in [-0.4, -0.2) is 26.0 Å². The Hall–Kier alpha value is -1.83. The first kappa shape index (κ1) is 13.6. The number of thioether (sulfide) groups is 1. The summed E-state index contributed by atoms with van der Waals surface area (Å²) in [5.74, 6) is -1.26. The van der Waals surface area contributed by atoms with Crippen molar-refractivity contribution in [2.24, 2.45) is 0 Å². The van der Waals surface area contributed by atoms with Gasteiger partial charge in [0, 0.05) is 12.2 Å².